The summed E-state index contributed by atoms with van der Waals surface area (Å²) in [4.78, 5) is 0. The number of hydrogen-bond acceptors (Lipinski definition) is 0. The van der Waals surface area contributed by atoms with Crippen LogP contribution in [-0.2, 0) is 0 Å². The number of rotatable bonds is 6. The van der Waals surface area contributed by atoms with Crippen molar-refractivity contribution in [2.45, 2.75) is 67.2 Å². The van der Waals surface area contributed by atoms with E-state index >= 15 is 0 Å². The highest BCUT2D eigenvalue weighted by Crippen LogP contribution is 2.45. The quantitative estimate of drug-likeness (QED) is 0.492. The van der Waals surface area contributed by atoms with E-state index in [1.54, 1.807) is 9.15 Å². The van der Waals surface area contributed by atoms with Crippen molar-refractivity contribution in [3.8, 4) is 0 Å². The lowest BCUT2D eigenvalue weighted by molar-refractivity contribution is 0.382. The Morgan fingerprint density at radius 2 is 1.33 bits per heavy atom. The second kappa shape index (κ2) is 6.49. The van der Waals surface area contributed by atoms with Crippen molar-refractivity contribution in [2.24, 2.45) is 10.8 Å². The zero-order valence-corrected chi connectivity index (χ0v) is 15.1. The molecular formula is C17H29I. The Kier molecular flexibility index (Phi) is 5.82. The summed E-state index contributed by atoms with van der Waals surface area (Å²) in [5.74, 6) is 0. The summed E-state index contributed by atoms with van der Waals surface area (Å²) in [6.07, 6.45) is 9.90. The first-order valence-electron chi connectivity index (χ1n) is 7.35. The molecule has 0 spiro atoms. The standard InChI is InChI=1S/C17H29I/c1-7-16(5,8-2)14-11-12-15(18-13-14)17(6,9-3)10-4/h11-13H,7-10H2,1-6H3. The summed E-state index contributed by atoms with van der Waals surface area (Å²) in [7, 11) is 0. The van der Waals surface area contributed by atoms with Crippen LogP contribution in [0.25, 0.3) is 0 Å². The molecule has 104 valence electrons. The highest BCUT2D eigenvalue weighted by molar-refractivity contribution is 14.2. The summed E-state index contributed by atoms with van der Waals surface area (Å²) in [5.41, 5.74) is 2.44. The van der Waals surface area contributed by atoms with Gasteiger partial charge in [-0.3, -0.25) is 0 Å². The van der Waals surface area contributed by atoms with Crippen LogP contribution >= 0.6 is 20.7 Å². The van der Waals surface area contributed by atoms with Gasteiger partial charge in [0.2, 0.25) is 0 Å². The maximum absolute atomic E-state index is 2.59. The number of allylic oxidation sites excluding steroid dienone is 4. The molecule has 0 radical (unpaired) electrons. The van der Waals surface area contributed by atoms with E-state index in [4.69, 9.17) is 0 Å². The summed E-state index contributed by atoms with van der Waals surface area (Å²) in [6, 6.07) is 0. The molecule has 1 heteroatoms. The first-order chi connectivity index (χ1) is 8.45. The van der Waals surface area contributed by atoms with Crippen molar-refractivity contribution in [1.29, 1.82) is 0 Å². The summed E-state index contributed by atoms with van der Waals surface area (Å²) < 4.78 is 4.31. The molecule has 0 nitrogen and oxygen atoms in total. The minimum Gasteiger partial charge on any atom is -0.0892 e. The Morgan fingerprint density at radius 3 is 1.67 bits per heavy atom. The summed E-state index contributed by atoms with van der Waals surface area (Å²) in [5, 5.41) is 0. The van der Waals surface area contributed by atoms with Crippen molar-refractivity contribution in [3.05, 3.63) is 21.3 Å². The van der Waals surface area contributed by atoms with Crippen LogP contribution in [-0.4, -0.2) is 4.01 Å². The molecule has 0 aliphatic carbocycles. The maximum atomic E-state index is 2.59. The molecule has 1 aliphatic heterocycles. The van der Waals surface area contributed by atoms with Crippen LogP contribution in [0.2, 0.25) is 0 Å². The lowest BCUT2D eigenvalue weighted by Crippen LogP contribution is -2.20. The zero-order chi connectivity index (χ0) is 13.8. The van der Waals surface area contributed by atoms with Crippen LogP contribution in [0.4, 0.5) is 0 Å². The second-order valence-corrected chi connectivity index (χ2v) is 8.30. The van der Waals surface area contributed by atoms with Gasteiger partial charge < -0.3 is 0 Å². The van der Waals surface area contributed by atoms with Gasteiger partial charge in [-0.2, -0.15) is 0 Å². The van der Waals surface area contributed by atoms with Gasteiger partial charge in [-0.25, -0.2) is 0 Å². The fraction of sp³-hybridized carbons (Fsp3) is 0.706. The molecule has 0 unspecified atom stereocenters. The highest BCUT2D eigenvalue weighted by atomic mass is 127. The normalized spacial score (nSPS) is 17.0. The first-order valence-corrected chi connectivity index (χ1v) is 9.67. The minimum atomic E-state index is 0.0958. The SMILES string of the molecule is CCC(C)(CC)C1=CC=C(C(C)(CC)CC)I=C1. The molecular weight excluding hydrogens is 331 g/mol. The van der Waals surface area contributed by atoms with Crippen molar-refractivity contribution >= 4 is 24.7 Å². The lowest BCUT2D eigenvalue weighted by atomic mass is 9.77. The van der Waals surface area contributed by atoms with E-state index in [-0.39, 0.29) is 20.7 Å². The third-order valence-electron chi connectivity index (χ3n) is 5.09. The maximum Gasteiger partial charge on any atom is -0.00264 e. The molecule has 0 saturated carbocycles. The lowest BCUT2D eigenvalue weighted by Gasteiger charge is -2.32. The topological polar surface area (TPSA) is 0 Å². The predicted molar refractivity (Wildman–Crippen MR) is 93.6 cm³/mol. The molecule has 0 N–H and O–H groups in total. The smallest absolute Gasteiger partial charge is 0.00264 e. The Labute approximate surface area is 124 Å². The molecule has 0 atom stereocenters. The monoisotopic (exact) mass is 360 g/mol. The van der Waals surface area contributed by atoms with Gasteiger partial charge in [-0.1, -0.05) is 74.4 Å². The van der Waals surface area contributed by atoms with Crippen LogP contribution in [0.5, 0.6) is 0 Å². The van der Waals surface area contributed by atoms with Gasteiger partial charge in [0.1, 0.15) is 0 Å². The molecule has 0 saturated heterocycles. The first kappa shape index (κ1) is 16.1. The van der Waals surface area contributed by atoms with Crippen molar-refractivity contribution in [2.75, 3.05) is 0 Å². The van der Waals surface area contributed by atoms with Crippen LogP contribution in [0.1, 0.15) is 67.2 Å². The Bertz CT molecular complexity index is 327. The molecule has 0 amide bonds. The van der Waals surface area contributed by atoms with Gasteiger partial charge in [0.05, 0.1) is 0 Å². The van der Waals surface area contributed by atoms with Gasteiger partial charge in [0.15, 0.2) is 0 Å². The second-order valence-electron chi connectivity index (χ2n) is 5.89. The van der Waals surface area contributed by atoms with Gasteiger partial charge in [-0.15, -0.1) is 0 Å². The fourth-order valence-electron chi connectivity index (χ4n) is 2.27. The molecule has 1 heterocycles. The van der Waals surface area contributed by atoms with Gasteiger partial charge in [0, 0.05) is 0 Å². The van der Waals surface area contributed by atoms with Crippen LogP contribution in [0, 0.1) is 10.8 Å². The Hall–Kier alpha value is 0.0800. The van der Waals surface area contributed by atoms with Gasteiger partial charge >= 0.3 is 0 Å². The molecule has 0 aromatic rings. The number of halogens is 1. The van der Waals surface area contributed by atoms with Gasteiger partial charge in [-0.05, 0) is 49.7 Å². The van der Waals surface area contributed by atoms with E-state index < -0.39 is 0 Å². The molecule has 0 bridgehead atoms. The third kappa shape index (κ3) is 3.15. The number of hydrogen-bond donors (Lipinski definition) is 0. The zero-order valence-electron chi connectivity index (χ0n) is 12.9. The van der Waals surface area contributed by atoms with E-state index in [1.807, 2.05) is 0 Å². The van der Waals surface area contributed by atoms with Crippen LogP contribution < -0.4 is 0 Å². The molecule has 0 aromatic carbocycles. The van der Waals surface area contributed by atoms with E-state index in [1.165, 1.54) is 25.7 Å². The van der Waals surface area contributed by atoms with Crippen molar-refractivity contribution in [1.82, 2.24) is 0 Å². The van der Waals surface area contributed by atoms with Crippen LogP contribution in [0.3, 0.4) is 0 Å². The van der Waals surface area contributed by atoms with Crippen molar-refractivity contribution < 1.29 is 0 Å². The van der Waals surface area contributed by atoms with E-state index in [9.17, 15) is 0 Å². The average molecular weight is 360 g/mol. The summed E-state index contributed by atoms with van der Waals surface area (Å²) in [6.45, 7) is 14.1. The van der Waals surface area contributed by atoms with E-state index in [0.717, 1.165) is 0 Å². The molecule has 0 fully saturated rings. The Balaban J connectivity index is 3.01. The third-order valence-corrected chi connectivity index (χ3v) is 8.41. The fourth-order valence-corrected chi connectivity index (χ4v) is 5.80. The van der Waals surface area contributed by atoms with E-state index in [0.29, 0.717) is 10.8 Å². The molecule has 0 aromatic heterocycles. The highest BCUT2D eigenvalue weighted by Gasteiger charge is 2.28. The Morgan fingerprint density at radius 1 is 0.833 bits per heavy atom. The molecule has 18 heavy (non-hydrogen) atoms. The predicted octanol–water partition coefficient (Wildman–Crippen LogP) is 6.24. The van der Waals surface area contributed by atoms with Crippen LogP contribution in [0.15, 0.2) is 21.3 Å². The van der Waals surface area contributed by atoms with E-state index in [2.05, 4.69) is 57.7 Å². The largest absolute Gasteiger partial charge is 0.0892 e. The van der Waals surface area contributed by atoms with Crippen molar-refractivity contribution in [3.63, 3.8) is 0 Å². The molecule has 1 aliphatic rings. The molecule has 1 rings (SSSR count). The minimum absolute atomic E-state index is 0.0958. The average Bonchev–Trinajstić information content (AvgIpc) is 2.45. The van der Waals surface area contributed by atoms with Gasteiger partial charge in [0.25, 0.3) is 0 Å². The summed E-state index contributed by atoms with van der Waals surface area (Å²) >= 11 is 0.0958.